The zero-order valence-corrected chi connectivity index (χ0v) is 14.3. The molecule has 0 aromatic carbocycles. The van der Waals surface area contributed by atoms with Gasteiger partial charge in [-0.2, -0.15) is 0 Å². The lowest BCUT2D eigenvalue weighted by molar-refractivity contribution is -0.180. The molecule has 0 aliphatic carbocycles. The molecule has 19 heavy (non-hydrogen) atoms. The topological polar surface area (TPSA) is 18.5 Å². The van der Waals surface area contributed by atoms with Crippen molar-refractivity contribution in [2.24, 2.45) is 0 Å². The summed E-state index contributed by atoms with van der Waals surface area (Å²) in [6, 6.07) is 0. The van der Waals surface area contributed by atoms with E-state index in [2.05, 4.69) is 44.7 Å². The van der Waals surface area contributed by atoms with E-state index < -0.39 is 0 Å². The van der Waals surface area contributed by atoms with E-state index in [0.717, 1.165) is 25.7 Å². The third kappa shape index (κ3) is 3.85. The Labute approximate surface area is 132 Å². The first-order valence-electron chi connectivity index (χ1n) is 6.85. The summed E-state index contributed by atoms with van der Waals surface area (Å²) in [6.07, 6.45) is 13.8. The van der Waals surface area contributed by atoms with Crippen LogP contribution < -0.4 is 0 Å². The van der Waals surface area contributed by atoms with Crippen LogP contribution in [0.1, 0.15) is 32.6 Å². The average Bonchev–Trinajstić information content (AvgIpc) is 2.39. The van der Waals surface area contributed by atoms with Gasteiger partial charge in [0.1, 0.15) is 0 Å². The SMILES string of the molecule is C#C/C=C\C[C@@H]1O[C@@H]2C[C@@H](Br)[C@H](CC)O[C@@H]2C[C@@H]1Br. The molecule has 4 heteroatoms. The lowest BCUT2D eigenvalue weighted by atomic mass is 9.91. The molecule has 2 aliphatic rings. The third-order valence-electron chi connectivity index (χ3n) is 3.82. The fourth-order valence-corrected chi connectivity index (χ4v) is 4.36. The van der Waals surface area contributed by atoms with E-state index in [1.165, 1.54) is 0 Å². The molecule has 0 aromatic heterocycles. The largest absolute Gasteiger partial charge is 0.371 e. The Morgan fingerprint density at radius 3 is 2.32 bits per heavy atom. The number of alkyl halides is 2. The van der Waals surface area contributed by atoms with Gasteiger partial charge in [0.05, 0.1) is 24.4 Å². The van der Waals surface area contributed by atoms with E-state index >= 15 is 0 Å². The van der Waals surface area contributed by atoms with E-state index in [0.29, 0.717) is 15.8 Å². The molecule has 2 heterocycles. The van der Waals surface area contributed by atoms with Crippen LogP contribution in [0.25, 0.3) is 0 Å². The van der Waals surface area contributed by atoms with Crippen molar-refractivity contribution < 1.29 is 9.47 Å². The number of ether oxygens (including phenoxy) is 2. The molecule has 0 saturated carbocycles. The van der Waals surface area contributed by atoms with Gasteiger partial charge >= 0.3 is 0 Å². The highest BCUT2D eigenvalue weighted by Gasteiger charge is 2.43. The van der Waals surface area contributed by atoms with Gasteiger partial charge in [-0.05, 0) is 31.8 Å². The highest BCUT2D eigenvalue weighted by molar-refractivity contribution is 9.09. The summed E-state index contributed by atoms with van der Waals surface area (Å²) in [4.78, 5) is 0.730. The van der Waals surface area contributed by atoms with Crippen molar-refractivity contribution >= 4 is 31.9 Å². The van der Waals surface area contributed by atoms with Gasteiger partial charge in [-0.15, -0.1) is 6.42 Å². The number of rotatable bonds is 3. The minimum Gasteiger partial charge on any atom is -0.371 e. The van der Waals surface area contributed by atoms with Crippen molar-refractivity contribution in [3.63, 3.8) is 0 Å². The maximum atomic E-state index is 6.19. The molecule has 2 rings (SSSR count). The van der Waals surface area contributed by atoms with Gasteiger partial charge in [0.2, 0.25) is 0 Å². The number of fused-ring (bicyclic) bond motifs is 1. The Bertz CT molecular complexity index is 364. The molecule has 0 bridgehead atoms. The van der Waals surface area contributed by atoms with E-state index in [9.17, 15) is 0 Å². The Morgan fingerprint density at radius 2 is 1.74 bits per heavy atom. The van der Waals surface area contributed by atoms with Crippen LogP contribution >= 0.6 is 31.9 Å². The summed E-state index contributed by atoms with van der Waals surface area (Å²) in [5.74, 6) is 2.52. The van der Waals surface area contributed by atoms with Gasteiger partial charge in [-0.1, -0.05) is 50.8 Å². The zero-order chi connectivity index (χ0) is 13.8. The van der Waals surface area contributed by atoms with E-state index in [1.54, 1.807) is 6.08 Å². The van der Waals surface area contributed by atoms with E-state index in [4.69, 9.17) is 15.9 Å². The summed E-state index contributed by atoms with van der Waals surface area (Å²) in [7, 11) is 0. The van der Waals surface area contributed by atoms with Gasteiger partial charge in [0.15, 0.2) is 0 Å². The predicted molar refractivity (Wildman–Crippen MR) is 84.9 cm³/mol. The monoisotopic (exact) mass is 390 g/mol. The van der Waals surface area contributed by atoms with Crippen LogP contribution in [-0.4, -0.2) is 34.1 Å². The Hall–Kier alpha value is 0.180. The molecular formula is C15H20Br2O2. The lowest BCUT2D eigenvalue weighted by Gasteiger charge is -2.45. The van der Waals surface area contributed by atoms with Crippen molar-refractivity contribution in [2.75, 3.05) is 0 Å². The lowest BCUT2D eigenvalue weighted by Crippen LogP contribution is -2.53. The fourth-order valence-electron chi connectivity index (χ4n) is 2.78. The standard InChI is InChI=1S/C15H20Br2O2/c1-3-5-6-7-13-11(17)9-14-15(19-13)8-10(16)12(4-2)18-14/h1,5-6,10-15H,4,7-9H2,2H3/b6-5-/t10-,11+,12+,13+,14-,15-/m1/s1. The molecule has 2 aliphatic heterocycles. The zero-order valence-electron chi connectivity index (χ0n) is 11.1. The van der Waals surface area contributed by atoms with Gasteiger partial charge in [-0.3, -0.25) is 0 Å². The molecule has 2 fully saturated rings. The van der Waals surface area contributed by atoms with Crippen molar-refractivity contribution in [1.82, 2.24) is 0 Å². The normalized spacial score (nSPS) is 42.8. The van der Waals surface area contributed by atoms with Crippen molar-refractivity contribution in [3.8, 4) is 12.3 Å². The van der Waals surface area contributed by atoms with Crippen LogP contribution in [0.2, 0.25) is 0 Å². The van der Waals surface area contributed by atoms with Crippen LogP contribution in [0.5, 0.6) is 0 Å². The Morgan fingerprint density at radius 1 is 1.16 bits per heavy atom. The first kappa shape index (κ1) is 15.6. The molecule has 6 atom stereocenters. The minimum absolute atomic E-state index is 0.187. The number of allylic oxidation sites excluding steroid dienone is 1. The number of terminal acetylenes is 1. The van der Waals surface area contributed by atoms with Crippen LogP contribution in [0, 0.1) is 12.3 Å². The van der Waals surface area contributed by atoms with Gasteiger partial charge in [0.25, 0.3) is 0 Å². The second kappa shape index (κ2) is 7.26. The Balaban J connectivity index is 1.95. The summed E-state index contributed by atoms with van der Waals surface area (Å²) in [6.45, 7) is 2.17. The maximum Gasteiger partial charge on any atom is 0.0853 e. The molecule has 0 aromatic rings. The average molecular weight is 392 g/mol. The second-order valence-corrected chi connectivity index (χ2v) is 7.49. The molecule has 0 N–H and O–H groups in total. The Kier molecular flexibility index (Phi) is 5.95. The molecule has 0 radical (unpaired) electrons. The smallest absolute Gasteiger partial charge is 0.0853 e. The minimum atomic E-state index is 0.187. The molecule has 2 saturated heterocycles. The molecule has 0 amide bonds. The number of halogens is 2. The highest BCUT2D eigenvalue weighted by Crippen LogP contribution is 2.38. The fraction of sp³-hybridized carbons (Fsp3) is 0.733. The van der Waals surface area contributed by atoms with Crippen LogP contribution in [0.3, 0.4) is 0 Å². The van der Waals surface area contributed by atoms with Crippen molar-refractivity contribution in [1.29, 1.82) is 0 Å². The van der Waals surface area contributed by atoms with Gasteiger partial charge in [0, 0.05) is 9.65 Å². The van der Waals surface area contributed by atoms with Crippen molar-refractivity contribution in [2.45, 2.75) is 66.7 Å². The summed E-state index contributed by atoms with van der Waals surface area (Å²) in [5.41, 5.74) is 0. The predicted octanol–water partition coefficient (Wildman–Crippen LogP) is 3.82. The quantitative estimate of drug-likeness (QED) is 0.537. The molecule has 0 spiro atoms. The molecule has 0 unspecified atom stereocenters. The van der Waals surface area contributed by atoms with Crippen LogP contribution in [0.4, 0.5) is 0 Å². The van der Waals surface area contributed by atoms with E-state index in [-0.39, 0.29) is 18.3 Å². The molecular weight excluding hydrogens is 372 g/mol. The molecule has 2 nitrogen and oxygen atoms in total. The first-order valence-corrected chi connectivity index (χ1v) is 8.69. The van der Waals surface area contributed by atoms with Crippen molar-refractivity contribution in [3.05, 3.63) is 12.2 Å². The first-order chi connectivity index (χ1) is 9.15. The summed E-state index contributed by atoms with van der Waals surface area (Å²) < 4.78 is 12.3. The number of hydrogen-bond donors (Lipinski definition) is 0. The summed E-state index contributed by atoms with van der Waals surface area (Å²) >= 11 is 7.44. The maximum absolute atomic E-state index is 6.19. The van der Waals surface area contributed by atoms with Gasteiger partial charge in [-0.25, -0.2) is 0 Å². The second-order valence-electron chi connectivity index (χ2n) is 5.14. The number of hydrogen-bond acceptors (Lipinski definition) is 2. The van der Waals surface area contributed by atoms with Crippen LogP contribution in [0.15, 0.2) is 12.2 Å². The van der Waals surface area contributed by atoms with E-state index in [1.807, 2.05) is 6.08 Å². The van der Waals surface area contributed by atoms with Gasteiger partial charge < -0.3 is 9.47 Å². The summed E-state index contributed by atoms with van der Waals surface area (Å²) in [5, 5.41) is 0. The van der Waals surface area contributed by atoms with Crippen LogP contribution in [-0.2, 0) is 9.47 Å². The third-order valence-corrected chi connectivity index (χ3v) is 5.75. The molecule has 106 valence electrons. The highest BCUT2D eigenvalue weighted by atomic mass is 79.9.